The summed E-state index contributed by atoms with van der Waals surface area (Å²) in [5.74, 6) is 0.420. The van der Waals surface area contributed by atoms with Crippen molar-refractivity contribution in [1.82, 2.24) is 10.1 Å². The van der Waals surface area contributed by atoms with Crippen molar-refractivity contribution in [1.29, 1.82) is 0 Å². The molecular formula is C12H20N4O2. The first-order chi connectivity index (χ1) is 8.66. The van der Waals surface area contributed by atoms with Crippen molar-refractivity contribution in [2.75, 3.05) is 11.9 Å². The van der Waals surface area contributed by atoms with Crippen LogP contribution in [0.5, 0.6) is 0 Å². The minimum absolute atomic E-state index is 0.0875. The van der Waals surface area contributed by atoms with Gasteiger partial charge in [-0.3, -0.25) is 10.1 Å². The third-order valence-corrected chi connectivity index (χ3v) is 3.68. The Bertz CT molecular complexity index is 408. The fraction of sp³-hybridized carbons (Fsp3) is 0.750. The zero-order chi connectivity index (χ0) is 13.0. The minimum Gasteiger partial charge on any atom is -0.329 e. The van der Waals surface area contributed by atoms with E-state index in [2.05, 4.69) is 15.5 Å². The molecule has 6 nitrogen and oxygen atoms in total. The van der Waals surface area contributed by atoms with Crippen LogP contribution in [0, 0.1) is 12.3 Å². The Morgan fingerprint density at radius 2 is 2.06 bits per heavy atom. The van der Waals surface area contributed by atoms with Gasteiger partial charge in [0.25, 0.3) is 0 Å². The Labute approximate surface area is 106 Å². The molecule has 0 aromatic carbocycles. The first-order valence-corrected chi connectivity index (χ1v) is 6.48. The molecule has 3 N–H and O–H groups in total. The van der Waals surface area contributed by atoms with Crippen LogP contribution in [0.4, 0.5) is 6.01 Å². The molecule has 0 unspecified atom stereocenters. The minimum atomic E-state index is -0.473. The predicted molar refractivity (Wildman–Crippen MR) is 66.9 cm³/mol. The summed E-state index contributed by atoms with van der Waals surface area (Å²) in [7, 11) is 0. The van der Waals surface area contributed by atoms with Gasteiger partial charge in [0.2, 0.25) is 5.91 Å². The summed E-state index contributed by atoms with van der Waals surface area (Å²) >= 11 is 0. The maximum Gasteiger partial charge on any atom is 0.328 e. The molecule has 6 heteroatoms. The topological polar surface area (TPSA) is 94.0 Å². The summed E-state index contributed by atoms with van der Waals surface area (Å²) < 4.78 is 4.91. The third kappa shape index (κ3) is 2.69. The number of amides is 1. The van der Waals surface area contributed by atoms with Crippen LogP contribution in [-0.4, -0.2) is 22.6 Å². The van der Waals surface area contributed by atoms with Gasteiger partial charge in [0.1, 0.15) is 0 Å². The maximum atomic E-state index is 12.4. The lowest BCUT2D eigenvalue weighted by molar-refractivity contribution is -0.126. The monoisotopic (exact) mass is 252 g/mol. The summed E-state index contributed by atoms with van der Waals surface area (Å²) in [6, 6.07) is 0.162. The van der Waals surface area contributed by atoms with Crippen molar-refractivity contribution in [3.8, 4) is 0 Å². The van der Waals surface area contributed by atoms with Crippen molar-refractivity contribution in [2.45, 2.75) is 45.4 Å². The van der Waals surface area contributed by atoms with E-state index in [1.54, 1.807) is 6.92 Å². The number of carbonyl (C=O) groups excluding carboxylic acids is 1. The lowest BCUT2D eigenvalue weighted by Gasteiger charge is -2.28. The quantitative estimate of drug-likeness (QED) is 0.797. The molecule has 0 saturated heterocycles. The van der Waals surface area contributed by atoms with Crippen molar-refractivity contribution in [3.63, 3.8) is 0 Å². The van der Waals surface area contributed by atoms with E-state index in [0.717, 1.165) is 25.7 Å². The first-order valence-electron chi connectivity index (χ1n) is 6.48. The van der Waals surface area contributed by atoms with Gasteiger partial charge in [-0.25, -0.2) is 0 Å². The number of anilines is 1. The standard InChI is InChI=1S/C12H20N4O2/c1-9-14-11(18-16-9)15-10(17)12(8-13)6-4-2-3-5-7-12/h2-8,13H2,1H3,(H,14,15,16,17). The molecule has 0 radical (unpaired) electrons. The van der Waals surface area contributed by atoms with E-state index in [9.17, 15) is 4.79 Å². The average Bonchev–Trinajstić information content (AvgIpc) is 2.65. The van der Waals surface area contributed by atoms with Crippen LogP contribution in [0.15, 0.2) is 4.52 Å². The van der Waals surface area contributed by atoms with Crippen LogP contribution in [0.3, 0.4) is 0 Å². The zero-order valence-electron chi connectivity index (χ0n) is 10.7. The maximum absolute atomic E-state index is 12.4. The number of aromatic nitrogens is 2. The number of nitrogens with two attached hydrogens (primary N) is 1. The smallest absolute Gasteiger partial charge is 0.328 e. The second kappa shape index (κ2) is 5.48. The van der Waals surface area contributed by atoms with E-state index in [1.165, 1.54) is 12.8 Å². The van der Waals surface area contributed by atoms with Gasteiger partial charge < -0.3 is 10.3 Å². The molecule has 0 bridgehead atoms. The predicted octanol–water partition coefficient (Wildman–Crippen LogP) is 1.62. The number of hydrogen-bond acceptors (Lipinski definition) is 5. The summed E-state index contributed by atoms with van der Waals surface area (Å²) in [5.41, 5.74) is 5.37. The van der Waals surface area contributed by atoms with E-state index >= 15 is 0 Å². The largest absolute Gasteiger partial charge is 0.329 e. The van der Waals surface area contributed by atoms with Gasteiger partial charge in [0.05, 0.1) is 5.41 Å². The van der Waals surface area contributed by atoms with E-state index in [0.29, 0.717) is 12.4 Å². The van der Waals surface area contributed by atoms with Gasteiger partial charge in [0.15, 0.2) is 5.82 Å². The van der Waals surface area contributed by atoms with Crippen molar-refractivity contribution in [2.24, 2.45) is 11.1 Å². The van der Waals surface area contributed by atoms with Gasteiger partial charge in [-0.15, -0.1) is 0 Å². The van der Waals surface area contributed by atoms with Gasteiger partial charge >= 0.3 is 6.01 Å². The first kappa shape index (κ1) is 13.0. The molecule has 0 spiro atoms. The molecule has 1 aliphatic carbocycles. The zero-order valence-corrected chi connectivity index (χ0v) is 10.7. The third-order valence-electron chi connectivity index (χ3n) is 3.68. The van der Waals surface area contributed by atoms with Crippen molar-refractivity contribution < 1.29 is 9.32 Å². The molecule has 2 rings (SSSR count). The molecule has 0 atom stereocenters. The average molecular weight is 252 g/mol. The van der Waals surface area contributed by atoms with Crippen LogP contribution in [0.1, 0.15) is 44.3 Å². The van der Waals surface area contributed by atoms with Crippen LogP contribution in [0.2, 0.25) is 0 Å². The van der Waals surface area contributed by atoms with Crippen LogP contribution in [0.25, 0.3) is 0 Å². The van der Waals surface area contributed by atoms with Crippen molar-refractivity contribution in [3.05, 3.63) is 5.82 Å². The summed E-state index contributed by atoms with van der Waals surface area (Å²) in [5, 5.41) is 6.34. The lowest BCUT2D eigenvalue weighted by Crippen LogP contribution is -2.42. The number of carbonyl (C=O) groups is 1. The van der Waals surface area contributed by atoms with E-state index in [4.69, 9.17) is 10.3 Å². The second-order valence-corrected chi connectivity index (χ2v) is 5.00. The number of hydrogen-bond donors (Lipinski definition) is 2. The number of rotatable bonds is 3. The molecule has 18 heavy (non-hydrogen) atoms. The fourth-order valence-corrected chi connectivity index (χ4v) is 2.51. The van der Waals surface area contributed by atoms with Gasteiger partial charge in [-0.2, -0.15) is 4.98 Å². The Morgan fingerprint density at radius 1 is 1.39 bits per heavy atom. The highest BCUT2D eigenvalue weighted by molar-refractivity contribution is 5.93. The molecule has 1 aromatic rings. The molecular weight excluding hydrogens is 232 g/mol. The Kier molecular flexibility index (Phi) is 3.96. The van der Waals surface area contributed by atoms with Crippen LogP contribution >= 0.6 is 0 Å². The van der Waals surface area contributed by atoms with Gasteiger partial charge in [-0.05, 0) is 19.8 Å². The Morgan fingerprint density at radius 3 is 2.56 bits per heavy atom. The van der Waals surface area contributed by atoms with E-state index in [1.807, 2.05) is 0 Å². The number of nitrogens with zero attached hydrogens (tertiary/aromatic N) is 2. The normalized spacial score (nSPS) is 19.2. The van der Waals surface area contributed by atoms with Crippen LogP contribution in [-0.2, 0) is 4.79 Å². The molecule has 1 aliphatic rings. The van der Waals surface area contributed by atoms with Crippen molar-refractivity contribution >= 4 is 11.9 Å². The van der Waals surface area contributed by atoms with Gasteiger partial charge in [-0.1, -0.05) is 30.8 Å². The highest BCUT2D eigenvalue weighted by Crippen LogP contribution is 2.35. The molecule has 1 amide bonds. The SMILES string of the molecule is Cc1noc(NC(=O)C2(CN)CCCCCC2)n1. The Hall–Kier alpha value is -1.43. The van der Waals surface area contributed by atoms with E-state index in [-0.39, 0.29) is 11.9 Å². The summed E-state index contributed by atoms with van der Waals surface area (Å²) in [6.07, 6.45) is 6.12. The summed E-state index contributed by atoms with van der Waals surface area (Å²) in [4.78, 5) is 16.3. The molecule has 1 fully saturated rings. The number of aryl methyl sites for hydroxylation is 1. The molecule has 1 heterocycles. The lowest BCUT2D eigenvalue weighted by atomic mass is 9.79. The molecule has 1 saturated carbocycles. The molecule has 1 aromatic heterocycles. The second-order valence-electron chi connectivity index (χ2n) is 5.00. The molecule has 0 aliphatic heterocycles. The molecule has 100 valence electrons. The highest BCUT2D eigenvalue weighted by Gasteiger charge is 2.37. The Balaban J connectivity index is 2.08. The fourth-order valence-electron chi connectivity index (χ4n) is 2.51. The number of nitrogens with one attached hydrogen (secondary N) is 1. The highest BCUT2D eigenvalue weighted by atomic mass is 16.5. The van der Waals surface area contributed by atoms with E-state index < -0.39 is 5.41 Å². The van der Waals surface area contributed by atoms with Crippen LogP contribution < -0.4 is 11.1 Å². The summed E-state index contributed by atoms with van der Waals surface area (Å²) in [6.45, 7) is 2.08. The van der Waals surface area contributed by atoms with Gasteiger partial charge in [0, 0.05) is 6.54 Å².